The maximum Gasteiger partial charge on any atom is 0.278 e. The third-order valence-electron chi connectivity index (χ3n) is 5.50. The van der Waals surface area contributed by atoms with Crippen LogP contribution in [0.25, 0.3) is 0 Å². The van der Waals surface area contributed by atoms with Gasteiger partial charge in [-0.1, -0.05) is 40.3 Å². The zero-order valence-electron chi connectivity index (χ0n) is 19.0. The maximum atomic E-state index is 12.9. The summed E-state index contributed by atoms with van der Waals surface area (Å²) in [5, 5.41) is 11.0. The molecule has 0 aromatic heterocycles. The van der Waals surface area contributed by atoms with Crippen molar-refractivity contribution in [3.63, 3.8) is 0 Å². The van der Waals surface area contributed by atoms with Gasteiger partial charge in [-0.25, -0.2) is 5.06 Å². The number of rotatable bonds is 8. The molecule has 2 aromatic carbocycles. The summed E-state index contributed by atoms with van der Waals surface area (Å²) in [5.41, 5.74) is 0.396. The lowest BCUT2D eigenvalue weighted by Crippen LogP contribution is -2.36. The minimum atomic E-state index is -2.20. The van der Waals surface area contributed by atoms with E-state index in [1.54, 1.807) is 59.8 Å². The summed E-state index contributed by atoms with van der Waals surface area (Å²) in [7, 11) is 5.64. The van der Waals surface area contributed by atoms with Crippen molar-refractivity contribution in [3.8, 4) is 17.2 Å². The summed E-state index contributed by atoms with van der Waals surface area (Å²) in [6, 6.07) is 12.3. The molecule has 32 heavy (non-hydrogen) atoms. The minimum absolute atomic E-state index is 0.340. The first-order valence-corrected chi connectivity index (χ1v) is 12.4. The summed E-state index contributed by atoms with van der Waals surface area (Å²) in [4.78, 5) is 13.7. The SMILES string of the molecule is COc1cc(S2(OC)CC(N(O)C(=O)c3ccccc3)SC2(C)OC)cc(OC)c1OC. The second kappa shape index (κ2) is 9.80. The third-order valence-corrected chi connectivity index (χ3v) is 11.8. The van der Waals surface area contributed by atoms with Crippen LogP contribution in [0.4, 0.5) is 0 Å². The van der Waals surface area contributed by atoms with Crippen molar-refractivity contribution >= 4 is 28.0 Å². The molecule has 0 radical (unpaired) electrons. The molecule has 1 saturated heterocycles. The van der Waals surface area contributed by atoms with E-state index in [2.05, 4.69) is 0 Å². The topological polar surface area (TPSA) is 86.7 Å². The Hall–Kier alpha value is -2.11. The van der Waals surface area contributed by atoms with Gasteiger partial charge in [0.2, 0.25) is 5.75 Å². The van der Waals surface area contributed by atoms with Crippen LogP contribution in [0, 0.1) is 0 Å². The molecule has 0 saturated carbocycles. The fourth-order valence-corrected chi connectivity index (χ4v) is 9.98. The van der Waals surface area contributed by atoms with Gasteiger partial charge in [-0.2, -0.15) is 0 Å². The normalized spacial score (nSPS) is 26.8. The van der Waals surface area contributed by atoms with E-state index in [0.717, 1.165) is 9.96 Å². The maximum absolute atomic E-state index is 12.9. The zero-order valence-corrected chi connectivity index (χ0v) is 20.6. The number of ether oxygens (including phenoxy) is 4. The van der Waals surface area contributed by atoms with Crippen molar-refractivity contribution in [2.75, 3.05) is 41.3 Å². The highest BCUT2D eigenvalue weighted by Gasteiger charge is 2.57. The van der Waals surface area contributed by atoms with Gasteiger partial charge in [0.05, 0.1) is 21.3 Å². The average molecular weight is 484 g/mol. The predicted octanol–water partition coefficient (Wildman–Crippen LogP) is 4.36. The molecule has 3 unspecified atom stereocenters. The lowest BCUT2D eigenvalue weighted by molar-refractivity contribution is -0.0620. The monoisotopic (exact) mass is 483 g/mol. The van der Waals surface area contributed by atoms with Crippen molar-refractivity contribution in [2.45, 2.75) is 21.5 Å². The molecule has 1 aliphatic rings. The minimum Gasteiger partial charge on any atom is -0.493 e. The molecule has 2 aromatic rings. The molecular weight excluding hydrogens is 454 g/mol. The van der Waals surface area contributed by atoms with Crippen molar-refractivity contribution in [2.24, 2.45) is 0 Å². The van der Waals surface area contributed by atoms with Gasteiger partial charge in [0.15, 0.2) is 15.8 Å². The zero-order chi connectivity index (χ0) is 23.5. The first-order valence-electron chi connectivity index (χ1n) is 9.77. The number of benzene rings is 2. The molecule has 0 bridgehead atoms. The Morgan fingerprint density at radius 1 is 1.06 bits per heavy atom. The molecule has 1 fully saturated rings. The van der Waals surface area contributed by atoms with Crippen LogP contribution < -0.4 is 14.2 Å². The summed E-state index contributed by atoms with van der Waals surface area (Å²) >= 11 is 1.34. The molecule has 176 valence electrons. The standard InChI is InChI=1S/C22H29NO7S2/c1-22(29-5)31-19(23(25)21(24)15-10-8-7-9-11-15)14-32(22,30-6)16-12-17(26-2)20(28-4)18(13-16)27-3/h7-13,19,25H,14H2,1-6H3. The molecule has 3 atom stereocenters. The number of hydrogen-bond donors (Lipinski definition) is 1. The fraction of sp³-hybridized carbons (Fsp3) is 0.409. The highest BCUT2D eigenvalue weighted by atomic mass is 32.3. The van der Waals surface area contributed by atoms with Crippen molar-refractivity contribution < 1.29 is 33.1 Å². The predicted molar refractivity (Wildman–Crippen MR) is 125 cm³/mol. The summed E-state index contributed by atoms with van der Waals surface area (Å²) in [5.74, 6) is 1.29. The molecule has 1 aliphatic heterocycles. The van der Waals surface area contributed by atoms with E-state index in [1.807, 2.05) is 25.1 Å². The van der Waals surface area contributed by atoms with Crippen LogP contribution in [-0.4, -0.2) is 67.1 Å². The van der Waals surface area contributed by atoms with Gasteiger partial charge in [0.1, 0.15) is 5.37 Å². The van der Waals surface area contributed by atoms with Gasteiger partial charge >= 0.3 is 0 Å². The van der Waals surface area contributed by atoms with Crippen molar-refractivity contribution in [1.29, 1.82) is 0 Å². The molecule has 1 amide bonds. The second-order valence-corrected chi connectivity index (χ2v) is 12.1. The van der Waals surface area contributed by atoms with Gasteiger partial charge in [0, 0.05) is 30.4 Å². The van der Waals surface area contributed by atoms with Crippen LogP contribution in [-0.2, 0) is 8.92 Å². The highest BCUT2D eigenvalue weighted by molar-refractivity contribution is 8.40. The Balaban J connectivity index is 2.06. The smallest absolute Gasteiger partial charge is 0.278 e. The van der Waals surface area contributed by atoms with E-state index in [4.69, 9.17) is 23.1 Å². The van der Waals surface area contributed by atoms with E-state index in [0.29, 0.717) is 28.6 Å². The quantitative estimate of drug-likeness (QED) is 0.438. The Morgan fingerprint density at radius 2 is 1.66 bits per heavy atom. The fourth-order valence-electron chi connectivity index (χ4n) is 3.73. The van der Waals surface area contributed by atoms with E-state index in [9.17, 15) is 10.0 Å². The van der Waals surface area contributed by atoms with E-state index >= 15 is 0 Å². The molecule has 0 spiro atoms. The average Bonchev–Trinajstić information content (AvgIpc) is 3.16. The van der Waals surface area contributed by atoms with Crippen molar-refractivity contribution in [3.05, 3.63) is 48.0 Å². The van der Waals surface area contributed by atoms with Crippen LogP contribution in [0.3, 0.4) is 0 Å². The first-order chi connectivity index (χ1) is 15.3. The number of amides is 1. The number of nitrogens with zero attached hydrogens (tertiary/aromatic N) is 1. The number of thioether (sulfide) groups is 1. The van der Waals surface area contributed by atoms with Gasteiger partial charge in [-0.05, 0) is 31.2 Å². The highest BCUT2D eigenvalue weighted by Crippen LogP contribution is 2.76. The lowest BCUT2D eigenvalue weighted by Gasteiger charge is -2.45. The molecule has 8 nitrogen and oxygen atoms in total. The van der Waals surface area contributed by atoms with Crippen LogP contribution in [0.15, 0.2) is 47.4 Å². The van der Waals surface area contributed by atoms with Crippen LogP contribution in [0.2, 0.25) is 0 Å². The molecule has 0 aliphatic carbocycles. The number of carbonyl (C=O) groups excluding carboxylic acids is 1. The third kappa shape index (κ3) is 4.01. The van der Waals surface area contributed by atoms with Crippen LogP contribution in [0.5, 0.6) is 17.2 Å². The Kier molecular flexibility index (Phi) is 7.51. The molecule has 3 rings (SSSR count). The molecule has 1 N–H and O–H groups in total. The van der Waals surface area contributed by atoms with Crippen LogP contribution >= 0.6 is 22.1 Å². The largest absolute Gasteiger partial charge is 0.493 e. The van der Waals surface area contributed by atoms with E-state index < -0.39 is 25.9 Å². The second-order valence-electron chi connectivity index (χ2n) is 7.02. The van der Waals surface area contributed by atoms with E-state index in [-0.39, 0.29) is 0 Å². The molecular formula is C22H29NO7S2. The van der Waals surface area contributed by atoms with Gasteiger partial charge in [-0.15, -0.1) is 0 Å². The first kappa shape index (κ1) is 24.5. The Bertz CT molecular complexity index is 936. The summed E-state index contributed by atoms with van der Waals surface area (Å²) in [6.07, 6.45) is 0. The number of hydrogen-bond acceptors (Lipinski definition) is 8. The van der Waals surface area contributed by atoms with Gasteiger partial charge < -0.3 is 23.1 Å². The lowest BCUT2D eigenvalue weighted by atomic mass is 10.2. The summed E-state index contributed by atoms with van der Waals surface area (Å²) in [6.45, 7) is 1.90. The van der Waals surface area contributed by atoms with Crippen LogP contribution in [0.1, 0.15) is 17.3 Å². The van der Waals surface area contributed by atoms with Crippen molar-refractivity contribution in [1.82, 2.24) is 5.06 Å². The Morgan fingerprint density at radius 3 is 2.12 bits per heavy atom. The number of methoxy groups -OCH3 is 4. The molecule has 10 heteroatoms. The van der Waals surface area contributed by atoms with Gasteiger partial charge in [-0.3, -0.25) is 10.0 Å². The summed E-state index contributed by atoms with van der Waals surface area (Å²) < 4.78 is 27.8. The number of carbonyl (C=O) groups is 1. The van der Waals surface area contributed by atoms with E-state index in [1.165, 1.54) is 11.8 Å². The Labute approximate surface area is 194 Å². The number of hydroxylamine groups is 2. The molecule has 1 heterocycles. The van der Waals surface area contributed by atoms with Gasteiger partial charge in [0.25, 0.3) is 5.91 Å².